The number of nitrogens with zero attached hydrogens (tertiary/aromatic N) is 1. The Balaban J connectivity index is 1.56. The maximum Gasteiger partial charge on any atom is 0.259 e. The van der Waals surface area contributed by atoms with Crippen molar-refractivity contribution in [2.45, 2.75) is 22.9 Å². The normalized spacial score (nSPS) is 14.6. The molecule has 4 aromatic carbocycles. The third-order valence-electron chi connectivity index (χ3n) is 5.86. The fourth-order valence-corrected chi connectivity index (χ4v) is 5.38. The van der Waals surface area contributed by atoms with Crippen LogP contribution in [-0.2, 0) is 23.9 Å². The quantitative estimate of drug-likeness (QED) is 0.430. The van der Waals surface area contributed by atoms with Gasteiger partial charge in [-0.15, -0.1) is 0 Å². The number of nitrogens with one attached hydrogen (secondary N) is 1. The number of carbonyl (C=O) groups excluding carboxylic acids is 2. The van der Waals surface area contributed by atoms with E-state index in [9.17, 15) is 18.2 Å². The van der Waals surface area contributed by atoms with Crippen molar-refractivity contribution >= 4 is 28.3 Å². The van der Waals surface area contributed by atoms with Gasteiger partial charge in [0.2, 0.25) is 0 Å². The van der Waals surface area contributed by atoms with Crippen LogP contribution >= 0.6 is 0 Å². The van der Waals surface area contributed by atoms with Gasteiger partial charge in [0, 0.05) is 17.7 Å². The molecule has 1 aliphatic rings. The second-order valence-electron chi connectivity index (χ2n) is 8.10. The number of halogens is 1. The van der Waals surface area contributed by atoms with Gasteiger partial charge in [0.05, 0.1) is 38.4 Å². The molecule has 0 saturated carbocycles. The number of benzene rings is 4. The molecule has 1 atom stereocenters. The average Bonchev–Trinajstić information content (AvgIpc) is 2.98. The highest BCUT2D eigenvalue weighted by atomic mass is 32.2. The number of hydrogen-bond acceptors (Lipinski definition) is 3. The minimum absolute atomic E-state index is 0.0703. The van der Waals surface area contributed by atoms with Gasteiger partial charge in [-0.1, -0.05) is 60.7 Å². The van der Waals surface area contributed by atoms with Crippen LogP contribution in [0.15, 0.2) is 107 Å². The van der Waals surface area contributed by atoms with Gasteiger partial charge in [-0.2, -0.15) is 0 Å². The predicted molar refractivity (Wildman–Crippen MR) is 132 cm³/mol. The van der Waals surface area contributed by atoms with Crippen LogP contribution in [0.2, 0.25) is 0 Å². The molecule has 0 radical (unpaired) electrons. The Kier molecular flexibility index (Phi) is 6.25. The highest BCUT2D eigenvalue weighted by Crippen LogP contribution is 2.36. The SMILES string of the molecule is O=C(NCc1ccccc1)c1ccc2c(c1)N(Cc1ccccc1F)C(=O)c1ccccc1[S@]2=O. The van der Waals surface area contributed by atoms with E-state index in [4.69, 9.17) is 0 Å². The van der Waals surface area contributed by atoms with Crippen LogP contribution in [0.25, 0.3) is 0 Å². The summed E-state index contributed by atoms with van der Waals surface area (Å²) in [6, 6.07) is 27.2. The van der Waals surface area contributed by atoms with Crippen LogP contribution in [-0.4, -0.2) is 16.0 Å². The summed E-state index contributed by atoms with van der Waals surface area (Å²) in [6.07, 6.45) is 0. The monoisotopic (exact) mass is 484 g/mol. The van der Waals surface area contributed by atoms with Crippen molar-refractivity contribution in [1.29, 1.82) is 0 Å². The molecule has 0 bridgehead atoms. The molecule has 1 heterocycles. The lowest BCUT2D eigenvalue weighted by Gasteiger charge is -2.24. The molecule has 0 unspecified atom stereocenters. The van der Waals surface area contributed by atoms with Crippen molar-refractivity contribution in [3.05, 3.63) is 125 Å². The Morgan fingerprint density at radius 3 is 2.37 bits per heavy atom. The molecule has 0 spiro atoms. The Morgan fingerprint density at radius 1 is 0.857 bits per heavy atom. The van der Waals surface area contributed by atoms with Crippen LogP contribution < -0.4 is 10.2 Å². The summed E-state index contributed by atoms with van der Waals surface area (Å²) in [6.45, 7) is 0.269. The number of amides is 2. The lowest BCUT2D eigenvalue weighted by Crippen LogP contribution is -2.31. The third kappa shape index (κ3) is 4.50. The molecular formula is C28H21FN2O3S. The van der Waals surface area contributed by atoms with Crippen LogP contribution in [0.5, 0.6) is 0 Å². The molecule has 0 aliphatic carbocycles. The summed E-state index contributed by atoms with van der Waals surface area (Å²) in [5, 5.41) is 2.87. The van der Waals surface area contributed by atoms with E-state index in [1.807, 2.05) is 30.3 Å². The van der Waals surface area contributed by atoms with Crippen LogP contribution in [0, 0.1) is 5.82 Å². The number of rotatable bonds is 5. The molecule has 5 rings (SSSR count). The highest BCUT2D eigenvalue weighted by Gasteiger charge is 2.32. The van der Waals surface area contributed by atoms with Crippen LogP contribution in [0.3, 0.4) is 0 Å². The van der Waals surface area contributed by atoms with Gasteiger partial charge in [0.1, 0.15) is 5.82 Å². The summed E-state index contributed by atoms with van der Waals surface area (Å²) in [5.74, 6) is -1.18. The minimum Gasteiger partial charge on any atom is -0.348 e. The number of fused-ring (bicyclic) bond motifs is 2. The van der Waals surface area contributed by atoms with E-state index >= 15 is 0 Å². The molecule has 1 aliphatic heterocycles. The topological polar surface area (TPSA) is 66.5 Å². The number of anilines is 1. The molecule has 1 N–H and O–H groups in total. The molecule has 4 aromatic rings. The first kappa shape index (κ1) is 22.7. The van der Waals surface area contributed by atoms with E-state index in [1.165, 1.54) is 11.0 Å². The first-order valence-electron chi connectivity index (χ1n) is 11.0. The molecule has 5 nitrogen and oxygen atoms in total. The Morgan fingerprint density at radius 2 is 1.57 bits per heavy atom. The lowest BCUT2D eigenvalue weighted by molar-refractivity contribution is 0.0947. The smallest absolute Gasteiger partial charge is 0.259 e. The van der Waals surface area contributed by atoms with Crippen molar-refractivity contribution in [2.24, 2.45) is 0 Å². The van der Waals surface area contributed by atoms with Gasteiger partial charge < -0.3 is 10.2 Å². The highest BCUT2D eigenvalue weighted by molar-refractivity contribution is 7.85. The molecule has 0 fully saturated rings. The van der Waals surface area contributed by atoms with E-state index in [-0.39, 0.29) is 18.0 Å². The van der Waals surface area contributed by atoms with E-state index in [2.05, 4.69) is 5.32 Å². The Bertz CT molecular complexity index is 1460. The van der Waals surface area contributed by atoms with Gasteiger partial charge in [0.25, 0.3) is 11.8 Å². The van der Waals surface area contributed by atoms with Crippen LogP contribution in [0.4, 0.5) is 10.1 Å². The maximum absolute atomic E-state index is 14.5. The Labute approximate surface area is 204 Å². The lowest BCUT2D eigenvalue weighted by atomic mass is 10.1. The Hall–Kier alpha value is -4.10. The zero-order chi connectivity index (χ0) is 24.4. The van der Waals surface area contributed by atoms with Crippen molar-refractivity contribution in [1.82, 2.24) is 5.32 Å². The molecular weight excluding hydrogens is 463 g/mol. The molecule has 174 valence electrons. The average molecular weight is 485 g/mol. The minimum atomic E-state index is -1.66. The number of hydrogen-bond donors (Lipinski definition) is 1. The van der Waals surface area contributed by atoms with Gasteiger partial charge in [0.15, 0.2) is 0 Å². The first-order valence-corrected chi connectivity index (χ1v) is 12.2. The summed E-state index contributed by atoms with van der Waals surface area (Å²) in [7, 11) is -1.66. The summed E-state index contributed by atoms with van der Waals surface area (Å²) >= 11 is 0. The fraction of sp³-hybridized carbons (Fsp3) is 0.0714. The summed E-state index contributed by atoms with van der Waals surface area (Å²) < 4.78 is 28.0. The van der Waals surface area contributed by atoms with Gasteiger partial charge in [-0.25, -0.2) is 8.60 Å². The van der Waals surface area contributed by atoms with Gasteiger partial charge in [-0.05, 0) is 42.0 Å². The van der Waals surface area contributed by atoms with Crippen molar-refractivity contribution < 1.29 is 18.2 Å². The zero-order valence-corrected chi connectivity index (χ0v) is 19.4. The van der Waals surface area contributed by atoms with E-state index in [1.54, 1.807) is 60.7 Å². The van der Waals surface area contributed by atoms with Crippen LogP contribution in [0.1, 0.15) is 31.8 Å². The second-order valence-corrected chi connectivity index (χ2v) is 9.52. The summed E-state index contributed by atoms with van der Waals surface area (Å²) in [4.78, 5) is 28.7. The fourth-order valence-electron chi connectivity index (χ4n) is 4.04. The van der Waals surface area contributed by atoms with Crippen molar-refractivity contribution in [2.75, 3.05) is 4.90 Å². The predicted octanol–water partition coefficient (Wildman–Crippen LogP) is 5.08. The van der Waals surface area contributed by atoms with E-state index < -0.39 is 22.5 Å². The number of carbonyl (C=O) groups is 2. The van der Waals surface area contributed by atoms with Gasteiger partial charge in [-0.3, -0.25) is 9.59 Å². The van der Waals surface area contributed by atoms with E-state index in [0.717, 1.165) is 5.56 Å². The summed E-state index contributed by atoms with van der Waals surface area (Å²) in [5.41, 5.74) is 2.18. The molecule has 0 aromatic heterocycles. The third-order valence-corrected chi connectivity index (χ3v) is 7.36. The second kappa shape index (κ2) is 9.64. The van der Waals surface area contributed by atoms with Crippen molar-refractivity contribution in [3.8, 4) is 0 Å². The molecule has 7 heteroatoms. The largest absolute Gasteiger partial charge is 0.348 e. The first-order chi connectivity index (χ1) is 17.0. The maximum atomic E-state index is 14.5. The standard InChI is InChI=1S/C28H21FN2O3S/c29-23-12-6-4-10-21(23)18-31-24-16-20(27(32)30-17-19-8-2-1-3-9-19)14-15-26(24)35(34)25-13-7-5-11-22(25)28(31)33/h1-16H,17-18H2,(H,30,32)/t35-/m1/s1. The van der Waals surface area contributed by atoms with Gasteiger partial charge >= 0.3 is 0 Å². The van der Waals surface area contributed by atoms with Crippen molar-refractivity contribution in [3.63, 3.8) is 0 Å². The zero-order valence-electron chi connectivity index (χ0n) is 18.6. The molecule has 2 amide bonds. The van der Waals surface area contributed by atoms with E-state index in [0.29, 0.717) is 33.2 Å². The molecule has 0 saturated heterocycles. The molecule has 35 heavy (non-hydrogen) atoms.